The van der Waals surface area contributed by atoms with Gasteiger partial charge in [0.2, 0.25) is 0 Å². The van der Waals surface area contributed by atoms with Crippen LogP contribution < -0.4 is 9.47 Å². The molecule has 0 amide bonds. The number of hydrogen-bond acceptors (Lipinski definition) is 6. The second-order valence-corrected chi connectivity index (χ2v) is 5.52. The fourth-order valence-electron chi connectivity index (χ4n) is 2.13. The van der Waals surface area contributed by atoms with Crippen molar-refractivity contribution in [1.82, 2.24) is 0 Å². The Balaban J connectivity index is 2.16. The van der Waals surface area contributed by atoms with Gasteiger partial charge in [-0.15, -0.1) is 0 Å². The molecule has 0 radical (unpaired) electrons. The lowest BCUT2D eigenvalue weighted by Gasteiger charge is -2.15. The average Bonchev–Trinajstić information content (AvgIpc) is 2.60. The summed E-state index contributed by atoms with van der Waals surface area (Å²) < 4.78 is 16.0. The van der Waals surface area contributed by atoms with Gasteiger partial charge in [0.1, 0.15) is 18.1 Å². The van der Waals surface area contributed by atoms with Crippen LogP contribution >= 0.6 is 0 Å². The molecule has 0 saturated carbocycles. The van der Waals surface area contributed by atoms with Crippen molar-refractivity contribution in [3.05, 3.63) is 63.7 Å². The Kier molecular flexibility index (Phi) is 5.94. The third kappa shape index (κ3) is 4.94. The van der Waals surface area contributed by atoms with Crippen molar-refractivity contribution in [2.45, 2.75) is 26.6 Å². The summed E-state index contributed by atoms with van der Waals surface area (Å²) in [6, 6.07) is 10.8. The van der Waals surface area contributed by atoms with Gasteiger partial charge >= 0.3 is 5.97 Å². The van der Waals surface area contributed by atoms with E-state index in [2.05, 4.69) is 4.74 Å². The monoisotopic (exact) mass is 345 g/mol. The van der Waals surface area contributed by atoms with Gasteiger partial charge in [-0.1, -0.05) is 0 Å². The summed E-state index contributed by atoms with van der Waals surface area (Å²) in [5.41, 5.74) is 0.949. The predicted octanol–water partition coefficient (Wildman–Crippen LogP) is 3.75. The lowest BCUT2D eigenvalue weighted by atomic mass is 10.2. The summed E-state index contributed by atoms with van der Waals surface area (Å²) in [5, 5.41) is 11.0. The molecular formula is C18H19NO6. The van der Waals surface area contributed by atoms with Crippen LogP contribution in [0.1, 0.15) is 29.8 Å². The Bertz CT molecular complexity index is 755. The van der Waals surface area contributed by atoms with Crippen molar-refractivity contribution in [3.8, 4) is 11.5 Å². The smallest absolute Gasteiger partial charge is 0.337 e. The number of benzene rings is 2. The van der Waals surface area contributed by atoms with E-state index in [1.807, 2.05) is 13.8 Å². The maximum atomic E-state index is 11.4. The Morgan fingerprint density at radius 3 is 2.40 bits per heavy atom. The van der Waals surface area contributed by atoms with E-state index < -0.39 is 10.9 Å². The maximum Gasteiger partial charge on any atom is 0.337 e. The number of nitrogens with zero attached hydrogens (tertiary/aromatic N) is 1. The summed E-state index contributed by atoms with van der Waals surface area (Å²) in [4.78, 5) is 21.9. The summed E-state index contributed by atoms with van der Waals surface area (Å²) in [5.74, 6) is 0.624. The molecule has 2 aromatic rings. The zero-order valence-corrected chi connectivity index (χ0v) is 14.2. The van der Waals surface area contributed by atoms with Crippen LogP contribution in [0.15, 0.2) is 42.5 Å². The number of methoxy groups -OCH3 is 1. The lowest BCUT2D eigenvalue weighted by molar-refractivity contribution is -0.385. The van der Waals surface area contributed by atoms with Crippen molar-refractivity contribution in [2.75, 3.05) is 7.11 Å². The molecule has 0 saturated heterocycles. The van der Waals surface area contributed by atoms with E-state index in [4.69, 9.17) is 9.47 Å². The molecule has 0 aromatic heterocycles. The van der Waals surface area contributed by atoms with Crippen LogP contribution in [0.5, 0.6) is 11.5 Å². The standard InChI is InChI=1S/C18H19NO6/c1-12(2)25-17-9-6-15(19(21)22)10-14(17)11-24-16-7-4-13(5-8-16)18(20)23-3/h4-10,12H,11H2,1-3H3. The van der Waals surface area contributed by atoms with Gasteiger partial charge in [-0.2, -0.15) is 0 Å². The van der Waals surface area contributed by atoms with Gasteiger partial charge in [0, 0.05) is 17.7 Å². The van der Waals surface area contributed by atoms with Crippen molar-refractivity contribution in [1.29, 1.82) is 0 Å². The highest BCUT2D eigenvalue weighted by atomic mass is 16.6. The minimum atomic E-state index is -0.464. The Hall–Kier alpha value is -3.09. The number of nitro benzene ring substituents is 1. The summed E-state index contributed by atoms with van der Waals surface area (Å²) in [6.07, 6.45) is -0.0699. The van der Waals surface area contributed by atoms with E-state index in [1.54, 1.807) is 30.3 Å². The summed E-state index contributed by atoms with van der Waals surface area (Å²) in [7, 11) is 1.31. The molecule has 0 heterocycles. The molecule has 0 bridgehead atoms. The molecule has 0 atom stereocenters. The van der Waals surface area contributed by atoms with Gasteiger partial charge in [-0.3, -0.25) is 10.1 Å². The number of esters is 1. The zero-order chi connectivity index (χ0) is 18.4. The molecule has 0 fully saturated rings. The minimum absolute atomic E-state index is 0.0317. The predicted molar refractivity (Wildman–Crippen MR) is 91.0 cm³/mol. The molecular weight excluding hydrogens is 326 g/mol. The molecule has 132 valence electrons. The van der Waals surface area contributed by atoms with Gasteiger partial charge < -0.3 is 14.2 Å². The highest BCUT2D eigenvalue weighted by Gasteiger charge is 2.14. The third-order valence-electron chi connectivity index (χ3n) is 3.29. The van der Waals surface area contributed by atoms with Crippen LogP contribution in [-0.4, -0.2) is 24.1 Å². The van der Waals surface area contributed by atoms with Gasteiger partial charge in [0.05, 0.1) is 23.7 Å². The van der Waals surface area contributed by atoms with Gasteiger partial charge in [-0.25, -0.2) is 4.79 Å². The van der Waals surface area contributed by atoms with Crippen LogP contribution in [0.2, 0.25) is 0 Å². The Morgan fingerprint density at radius 2 is 1.84 bits per heavy atom. The molecule has 7 nitrogen and oxygen atoms in total. The molecule has 25 heavy (non-hydrogen) atoms. The first-order valence-corrected chi connectivity index (χ1v) is 7.66. The third-order valence-corrected chi connectivity index (χ3v) is 3.29. The average molecular weight is 345 g/mol. The number of nitro groups is 1. The van der Waals surface area contributed by atoms with E-state index >= 15 is 0 Å². The fourth-order valence-corrected chi connectivity index (χ4v) is 2.13. The van der Waals surface area contributed by atoms with Crippen LogP contribution in [0, 0.1) is 10.1 Å². The number of non-ortho nitro benzene ring substituents is 1. The number of hydrogen-bond donors (Lipinski definition) is 0. The topological polar surface area (TPSA) is 87.9 Å². The zero-order valence-electron chi connectivity index (χ0n) is 14.2. The van der Waals surface area contributed by atoms with Crippen molar-refractivity contribution < 1.29 is 23.9 Å². The first kappa shape index (κ1) is 18.3. The second kappa shape index (κ2) is 8.14. The second-order valence-electron chi connectivity index (χ2n) is 5.52. The molecule has 2 rings (SSSR count). The van der Waals surface area contributed by atoms with Crippen molar-refractivity contribution in [3.63, 3.8) is 0 Å². The van der Waals surface area contributed by atoms with E-state index in [-0.39, 0.29) is 18.4 Å². The quantitative estimate of drug-likeness (QED) is 0.431. The van der Waals surface area contributed by atoms with E-state index in [0.29, 0.717) is 22.6 Å². The van der Waals surface area contributed by atoms with Crippen LogP contribution in [0.3, 0.4) is 0 Å². The van der Waals surface area contributed by atoms with E-state index in [1.165, 1.54) is 19.2 Å². The van der Waals surface area contributed by atoms with Crippen LogP contribution in [-0.2, 0) is 11.3 Å². The highest BCUT2D eigenvalue weighted by molar-refractivity contribution is 5.89. The molecule has 7 heteroatoms. The molecule has 0 N–H and O–H groups in total. The van der Waals surface area contributed by atoms with Crippen molar-refractivity contribution in [2.24, 2.45) is 0 Å². The molecule has 0 aliphatic heterocycles. The van der Waals surface area contributed by atoms with Gasteiger partial charge in [-0.05, 0) is 44.2 Å². The van der Waals surface area contributed by atoms with Gasteiger partial charge in [0.15, 0.2) is 0 Å². The fraction of sp³-hybridized carbons (Fsp3) is 0.278. The summed E-state index contributed by atoms with van der Waals surface area (Å²) >= 11 is 0. The Morgan fingerprint density at radius 1 is 1.16 bits per heavy atom. The van der Waals surface area contributed by atoms with Crippen molar-refractivity contribution >= 4 is 11.7 Å². The highest BCUT2D eigenvalue weighted by Crippen LogP contribution is 2.26. The van der Waals surface area contributed by atoms with Gasteiger partial charge in [0.25, 0.3) is 5.69 Å². The molecule has 2 aromatic carbocycles. The number of ether oxygens (including phenoxy) is 3. The first-order valence-electron chi connectivity index (χ1n) is 7.66. The van der Waals surface area contributed by atoms with Crippen LogP contribution in [0.4, 0.5) is 5.69 Å². The van der Waals surface area contributed by atoms with E-state index in [0.717, 1.165) is 0 Å². The SMILES string of the molecule is COC(=O)c1ccc(OCc2cc([N+](=O)[O-])ccc2OC(C)C)cc1. The summed E-state index contributed by atoms with van der Waals surface area (Å²) in [6.45, 7) is 3.84. The number of carbonyl (C=O) groups excluding carboxylic acids is 1. The van der Waals surface area contributed by atoms with Crippen LogP contribution in [0.25, 0.3) is 0 Å². The Labute approximate surface area is 145 Å². The molecule has 0 unspecified atom stereocenters. The maximum absolute atomic E-state index is 11.4. The number of rotatable bonds is 7. The minimum Gasteiger partial charge on any atom is -0.491 e. The number of carbonyl (C=O) groups is 1. The molecule has 0 aliphatic rings. The van der Waals surface area contributed by atoms with E-state index in [9.17, 15) is 14.9 Å². The molecule has 0 aliphatic carbocycles. The normalized spacial score (nSPS) is 10.4. The lowest BCUT2D eigenvalue weighted by Crippen LogP contribution is -2.09. The largest absolute Gasteiger partial charge is 0.491 e. The molecule has 0 spiro atoms. The first-order chi connectivity index (χ1) is 11.9.